The van der Waals surface area contributed by atoms with Crippen molar-refractivity contribution in [3.8, 4) is 0 Å². The largest absolute Gasteiger partial charge is 0.342 e. The first-order valence-electron chi connectivity index (χ1n) is 5.92. The maximum atomic E-state index is 11.9. The van der Waals surface area contributed by atoms with Crippen LogP contribution in [0.25, 0.3) is 0 Å². The lowest BCUT2D eigenvalue weighted by Crippen LogP contribution is -2.54. The quantitative estimate of drug-likeness (QED) is 0.665. The van der Waals surface area contributed by atoms with E-state index in [-0.39, 0.29) is 17.9 Å². The zero-order chi connectivity index (χ0) is 12.5. The Balaban J connectivity index is 1.79. The van der Waals surface area contributed by atoms with Gasteiger partial charge in [0.1, 0.15) is 0 Å². The summed E-state index contributed by atoms with van der Waals surface area (Å²) >= 11 is 0. The van der Waals surface area contributed by atoms with Gasteiger partial charge in [0.05, 0.1) is 12.2 Å². The van der Waals surface area contributed by atoms with E-state index in [1.165, 1.54) is 6.26 Å². The third-order valence-electron chi connectivity index (χ3n) is 3.32. The Morgan fingerprint density at radius 3 is 2.29 bits per heavy atom. The molecule has 0 unspecified atom stereocenters. The zero-order valence-corrected chi connectivity index (χ0v) is 10.8. The Bertz CT molecular complexity index is 384. The number of rotatable bonds is 3. The van der Waals surface area contributed by atoms with Gasteiger partial charge in [0.25, 0.3) is 0 Å². The summed E-state index contributed by atoms with van der Waals surface area (Å²) in [5.74, 6) is 0.343. The maximum Gasteiger partial charge on any atom is 0.228 e. The second-order valence-electron chi connectivity index (χ2n) is 4.84. The van der Waals surface area contributed by atoms with Crippen molar-refractivity contribution in [3.05, 3.63) is 0 Å². The predicted molar refractivity (Wildman–Crippen MR) is 63.9 cm³/mol. The summed E-state index contributed by atoms with van der Waals surface area (Å²) in [6.07, 6.45) is 2.59. The molecule has 0 aromatic carbocycles. The molecule has 0 spiro atoms. The average molecular weight is 261 g/mol. The second kappa shape index (κ2) is 4.91. The monoisotopic (exact) mass is 261 g/mol. The molecule has 1 amide bonds. The minimum absolute atomic E-state index is 0.0198. The Hall–Kier alpha value is -0.660. The molecule has 2 fully saturated rings. The Morgan fingerprint density at radius 2 is 1.88 bits per heavy atom. The van der Waals surface area contributed by atoms with Gasteiger partial charge in [0.2, 0.25) is 15.9 Å². The van der Waals surface area contributed by atoms with E-state index in [1.54, 1.807) is 0 Å². The fourth-order valence-electron chi connectivity index (χ4n) is 2.24. The van der Waals surface area contributed by atoms with Crippen LogP contribution in [0.5, 0.6) is 0 Å². The van der Waals surface area contributed by atoms with E-state index >= 15 is 0 Å². The molecule has 17 heavy (non-hydrogen) atoms. The van der Waals surface area contributed by atoms with Crippen LogP contribution in [-0.4, -0.2) is 57.7 Å². The lowest BCUT2D eigenvalue weighted by Gasteiger charge is -2.36. The summed E-state index contributed by atoms with van der Waals surface area (Å²) in [6, 6.07) is -0.0198. The molecule has 2 aliphatic rings. The molecule has 2 rings (SSSR count). The highest BCUT2D eigenvalue weighted by Crippen LogP contribution is 2.15. The molecular formula is C10H19N3O3S. The van der Waals surface area contributed by atoms with Crippen molar-refractivity contribution in [3.63, 3.8) is 0 Å². The number of carbonyl (C=O) groups excluding carboxylic acids is 1. The van der Waals surface area contributed by atoms with Crippen LogP contribution in [0.4, 0.5) is 0 Å². The number of nitrogens with zero attached hydrogens (tertiary/aromatic N) is 1. The molecule has 6 nitrogen and oxygen atoms in total. The van der Waals surface area contributed by atoms with Gasteiger partial charge in [-0.15, -0.1) is 0 Å². The topological polar surface area (TPSA) is 78.5 Å². The van der Waals surface area contributed by atoms with Crippen molar-refractivity contribution in [2.75, 3.05) is 32.4 Å². The fraction of sp³-hybridized carbons (Fsp3) is 0.900. The number of hydrogen-bond acceptors (Lipinski definition) is 4. The Labute approximate surface area is 102 Å². The number of sulfonamides is 1. The molecule has 2 heterocycles. The van der Waals surface area contributed by atoms with Crippen LogP contribution in [-0.2, 0) is 14.8 Å². The standard InChI is InChI=1S/C10H19N3O3S/c1-17(15,16)12-9-2-4-13(5-3-9)10(14)8-6-11-7-8/h8-9,11-12H,2-7H2,1H3. The van der Waals surface area contributed by atoms with Gasteiger partial charge in [0.15, 0.2) is 0 Å². The van der Waals surface area contributed by atoms with Crippen molar-refractivity contribution in [2.45, 2.75) is 18.9 Å². The average Bonchev–Trinajstić information content (AvgIpc) is 2.13. The molecule has 0 saturated carbocycles. The van der Waals surface area contributed by atoms with Crippen molar-refractivity contribution >= 4 is 15.9 Å². The molecule has 7 heteroatoms. The molecule has 0 radical (unpaired) electrons. The van der Waals surface area contributed by atoms with E-state index in [0.29, 0.717) is 25.9 Å². The summed E-state index contributed by atoms with van der Waals surface area (Å²) in [7, 11) is -3.13. The normalized spacial score (nSPS) is 23.5. The van der Waals surface area contributed by atoms with E-state index in [0.717, 1.165) is 13.1 Å². The molecule has 0 aliphatic carbocycles. The van der Waals surface area contributed by atoms with Gasteiger partial charge in [-0.2, -0.15) is 0 Å². The molecular weight excluding hydrogens is 242 g/mol. The predicted octanol–water partition coefficient (Wildman–Crippen LogP) is -1.25. The highest BCUT2D eigenvalue weighted by molar-refractivity contribution is 7.88. The summed E-state index contributed by atoms with van der Waals surface area (Å²) in [5, 5.41) is 3.08. The van der Waals surface area contributed by atoms with Crippen LogP contribution >= 0.6 is 0 Å². The summed E-state index contributed by atoms with van der Waals surface area (Å²) < 4.78 is 24.8. The van der Waals surface area contributed by atoms with Crippen LogP contribution < -0.4 is 10.0 Å². The van der Waals surface area contributed by atoms with Crippen LogP contribution in [0.15, 0.2) is 0 Å². The van der Waals surface area contributed by atoms with Gasteiger partial charge >= 0.3 is 0 Å². The number of amides is 1. The Morgan fingerprint density at radius 1 is 1.29 bits per heavy atom. The van der Waals surface area contributed by atoms with Crippen LogP contribution in [0.2, 0.25) is 0 Å². The maximum absolute atomic E-state index is 11.9. The zero-order valence-electron chi connectivity index (χ0n) is 9.98. The number of hydrogen-bond donors (Lipinski definition) is 2. The molecule has 2 N–H and O–H groups in total. The van der Waals surface area contributed by atoms with Gasteiger partial charge in [-0.25, -0.2) is 13.1 Å². The van der Waals surface area contributed by atoms with Gasteiger partial charge in [0, 0.05) is 32.2 Å². The molecule has 2 aliphatic heterocycles. The van der Waals surface area contributed by atoms with Gasteiger partial charge in [-0.1, -0.05) is 0 Å². The first kappa shape index (κ1) is 12.8. The molecule has 0 aromatic heterocycles. The molecule has 98 valence electrons. The first-order chi connectivity index (χ1) is 7.96. The second-order valence-corrected chi connectivity index (χ2v) is 6.62. The minimum Gasteiger partial charge on any atom is -0.342 e. The summed E-state index contributed by atoms with van der Waals surface area (Å²) in [4.78, 5) is 13.8. The fourth-order valence-corrected chi connectivity index (χ4v) is 3.08. The van der Waals surface area contributed by atoms with E-state index < -0.39 is 10.0 Å². The highest BCUT2D eigenvalue weighted by atomic mass is 32.2. The first-order valence-corrected chi connectivity index (χ1v) is 7.81. The minimum atomic E-state index is -3.13. The lowest BCUT2D eigenvalue weighted by molar-refractivity contribution is -0.138. The van der Waals surface area contributed by atoms with Gasteiger partial charge < -0.3 is 10.2 Å². The van der Waals surface area contributed by atoms with E-state index in [9.17, 15) is 13.2 Å². The number of piperidine rings is 1. The Kier molecular flexibility index (Phi) is 3.70. The summed E-state index contributed by atoms with van der Waals surface area (Å²) in [5.41, 5.74) is 0. The van der Waals surface area contributed by atoms with E-state index in [4.69, 9.17) is 0 Å². The van der Waals surface area contributed by atoms with Crippen molar-refractivity contribution in [1.82, 2.24) is 14.9 Å². The van der Waals surface area contributed by atoms with Gasteiger partial charge in [-0.3, -0.25) is 4.79 Å². The molecule has 2 saturated heterocycles. The van der Waals surface area contributed by atoms with Gasteiger partial charge in [-0.05, 0) is 12.8 Å². The van der Waals surface area contributed by atoms with Crippen LogP contribution in [0.1, 0.15) is 12.8 Å². The number of likely N-dealkylation sites (tertiary alicyclic amines) is 1. The van der Waals surface area contributed by atoms with Crippen LogP contribution in [0, 0.1) is 5.92 Å². The molecule has 0 atom stereocenters. The smallest absolute Gasteiger partial charge is 0.228 e. The van der Waals surface area contributed by atoms with Crippen LogP contribution in [0.3, 0.4) is 0 Å². The third-order valence-corrected chi connectivity index (χ3v) is 4.08. The van der Waals surface area contributed by atoms with Crippen molar-refractivity contribution in [2.24, 2.45) is 5.92 Å². The van der Waals surface area contributed by atoms with Crippen molar-refractivity contribution in [1.29, 1.82) is 0 Å². The number of nitrogens with one attached hydrogen (secondary N) is 2. The van der Waals surface area contributed by atoms with E-state index in [2.05, 4.69) is 10.0 Å². The van der Waals surface area contributed by atoms with E-state index in [1.807, 2.05) is 4.90 Å². The highest BCUT2D eigenvalue weighted by Gasteiger charge is 2.31. The number of carbonyl (C=O) groups is 1. The lowest BCUT2D eigenvalue weighted by atomic mass is 9.99. The van der Waals surface area contributed by atoms with Crippen molar-refractivity contribution < 1.29 is 13.2 Å². The summed E-state index contributed by atoms with van der Waals surface area (Å²) in [6.45, 7) is 2.87. The molecule has 0 aromatic rings. The molecule has 0 bridgehead atoms. The SMILES string of the molecule is CS(=O)(=O)NC1CCN(C(=O)C2CNC2)CC1. The third kappa shape index (κ3) is 3.40.